The summed E-state index contributed by atoms with van der Waals surface area (Å²) in [6.07, 6.45) is 0. The SMILES string of the molecule is COc1ccc(S(=O)(=O)N2CCN(c3c(C)cc(C)cc3C)CC2)cc1. The fraction of sp³-hybridized carbons (Fsp3) is 0.400. The first kappa shape index (κ1) is 18.7. The van der Waals surface area contributed by atoms with Gasteiger partial charge < -0.3 is 9.64 Å². The Labute approximate surface area is 156 Å². The van der Waals surface area contributed by atoms with Gasteiger partial charge in [-0.1, -0.05) is 17.7 Å². The number of rotatable bonds is 4. The Balaban J connectivity index is 1.75. The van der Waals surface area contributed by atoms with E-state index >= 15 is 0 Å². The second kappa shape index (κ2) is 7.29. The zero-order valence-electron chi connectivity index (χ0n) is 15.8. The monoisotopic (exact) mass is 374 g/mol. The minimum Gasteiger partial charge on any atom is -0.497 e. The van der Waals surface area contributed by atoms with E-state index in [4.69, 9.17) is 4.74 Å². The molecule has 26 heavy (non-hydrogen) atoms. The minimum absolute atomic E-state index is 0.314. The highest BCUT2D eigenvalue weighted by molar-refractivity contribution is 7.89. The Bertz CT molecular complexity index is 861. The summed E-state index contributed by atoms with van der Waals surface area (Å²) in [4.78, 5) is 2.61. The summed E-state index contributed by atoms with van der Waals surface area (Å²) >= 11 is 0. The van der Waals surface area contributed by atoms with Crippen LogP contribution in [0.15, 0.2) is 41.3 Å². The quantitative estimate of drug-likeness (QED) is 0.825. The van der Waals surface area contributed by atoms with Crippen molar-refractivity contribution >= 4 is 15.7 Å². The number of hydrogen-bond donors (Lipinski definition) is 0. The molecule has 0 radical (unpaired) electrons. The van der Waals surface area contributed by atoms with Crippen molar-refractivity contribution < 1.29 is 13.2 Å². The molecular formula is C20H26N2O3S. The Morgan fingerprint density at radius 2 is 1.42 bits per heavy atom. The number of sulfonamides is 1. The maximum absolute atomic E-state index is 12.9. The zero-order valence-corrected chi connectivity index (χ0v) is 16.6. The molecule has 6 heteroatoms. The van der Waals surface area contributed by atoms with Gasteiger partial charge in [0.1, 0.15) is 5.75 Å². The molecule has 0 aliphatic carbocycles. The third kappa shape index (κ3) is 3.57. The van der Waals surface area contributed by atoms with Gasteiger partial charge in [0, 0.05) is 31.9 Å². The predicted octanol–water partition coefficient (Wildman–Crippen LogP) is 3.13. The molecule has 1 aliphatic rings. The molecule has 0 aromatic heterocycles. The van der Waals surface area contributed by atoms with Crippen LogP contribution in [0.3, 0.4) is 0 Å². The molecule has 0 amide bonds. The smallest absolute Gasteiger partial charge is 0.243 e. The fourth-order valence-electron chi connectivity index (χ4n) is 3.72. The average molecular weight is 375 g/mol. The summed E-state index contributed by atoms with van der Waals surface area (Å²) in [5.41, 5.74) is 4.98. The first-order valence-electron chi connectivity index (χ1n) is 8.80. The van der Waals surface area contributed by atoms with E-state index in [1.807, 2.05) is 0 Å². The summed E-state index contributed by atoms with van der Waals surface area (Å²) in [7, 11) is -1.90. The molecule has 1 saturated heterocycles. The van der Waals surface area contributed by atoms with Gasteiger partial charge in [-0.05, 0) is 56.2 Å². The molecule has 1 heterocycles. The van der Waals surface area contributed by atoms with E-state index in [0.29, 0.717) is 36.8 Å². The molecule has 1 fully saturated rings. The van der Waals surface area contributed by atoms with E-state index in [1.54, 1.807) is 35.7 Å². The zero-order chi connectivity index (χ0) is 18.9. The average Bonchev–Trinajstić information content (AvgIpc) is 2.61. The van der Waals surface area contributed by atoms with Gasteiger partial charge in [0.05, 0.1) is 12.0 Å². The maximum Gasteiger partial charge on any atom is 0.243 e. The van der Waals surface area contributed by atoms with Crippen LogP contribution in [0, 0.1) is 20.8 Å². The highest BCUT2D eigenvalue weighted by atomic mass is 32.2. The number of methoxy groups -OCH3 is 1. The van der Waals surface area contributed by atoms with Gasteiger partial charge in [-0.3, -0.25) is 0 Å². The summed E-state index contributed by atoms with van der Waals surface area (Å²) in [5, 5.41) is 0. The van der Waals surface area contributed by atoms with Crippen LogP contribution >= 0.6 is 0 Å². The van der Waals surface area contributed by atoms with Crippen LogP contribution in [-0.2, 0) is 10.0 Å². The highest BCUT2D eigenvalue weighted by Gasteiger charge is 2.29. The van der Waals surface area contributed by atoms with Crippen LogP contribution < -0.4 is 9.64 Å². The molecule has 0 bridgehead atoms. The molecule has 1 aliphatic heterocycles. The molecule has 0 spiro atoms. The molecule has 2 aromatic rings. The largest absolute Gasteiger partial charge is 0.497 e. The van der Waals surface area contributed by atoms with Crippen LogP contribution in [-0.4, -0.2) is 46.0 Å². The molecule has 140 valence electrons. The van der Waals surface area contributed by atoms with Crippen LogP contribution in [0.4, 0.5) is 5.69 Å². The molecular weight excluding hydrogens is 348 g/mol. The molecule has 3 rings (SSSR count). The number of benzene rings is 2. The van der Waals surface area contributed by atoms with Gasteiger partial charge in [-0.2, -0.15) is 4.31 Å². The molecule has 0 unspecified atom stereocenters. The number of aryl methyl sites for hydroxylation is 3. The van der Waals surface area contributed by atoms with Gasteiger partial charge in [0.25, 0.3) is 0 Å². The van der Waals surface area contributed by atoms with Crippen molar-refractivity contribution in [2.45, 2.75) is 25.7 Å². The second-order valence-electron chi connectivity index (χ2n) is 6.81. The minimum atomic E-state index is -3.47. The molecule has 0 atom stereocenters. The van der Waals surface area contributed by atoms with Crippen molar-refractivity contribution in [3.8, 4) is 5.75 Å². The second-order valence-corrected chi connectivity index (χ2v) is 8.75. The number of ether oxygens (including phenoxy) is 1. The highest BCUT2D eigenvalue weighted by Crippen LogP contribution is 2.28. The molecule has 5 nitrogen and oxygen atoms in total. The Morgan fingerprint density at radius 3 is 1.92 bits per heavy atom. The van der Waals surface area contributed by atoms with Crippen molar-refractivity contribution in [2.75, 3.05) is 38.2 Å². The summed E-state index contributed by atoms with van der Waals surface area (Å²) in [6, 6.07) is 10.9. The van der Waals surface area contributed by atoms with Crippen molar-refractivity contribution in [2.24, 2.45) is 0 Å². The lowest BCUT2D eigenvalue weighted by molar-refractivity contribution is 0.384. The lowest BCUT2D eigenvalue weighted by atomic mass is 10.0. The molecule has 2 aromatic carbocycles. The summed E-state index contributed by atoms with van der Waals surface area (Å²) < 4.78 is 32.4. The van der Waals surface area contributed by atoms with Gasteiger partial charge in [-0.25, -0.2) is 8.42 Å². The van der Waals surface area contributed by atoms with E-state index in [-0.39, 0.29) is 0 Å². The molecule has 0 N–H and O–H groups in total. The standard InChI is InChI=1S/C20H26N2O3S/c1-15-13-16(2)20(17(3)14-15)21-9-11-22(12-10-21)26(23,24)19-7-5-18(25-4)6-8-19/h5-8,13-14H,9-12H2,1-4H3. The van der Waals surface area contributed by atoms with Crippen LogP contribution in [0.2, 0.25) is 0 Å². The lowest BCUT2D eigenvalue weighted by Gasteiger charge is -2.37. The van der Waals surface area contributed by atoms with E-state index in [9.17, 15) is 8.42 Å². The first-order chi connectivity index (χ1) is 12.3. The fourth-order valence-corrected chi connectivity index (χ4v) is 5.14. The van der Waals surface area contributed by atoms with E-state index in [0.717, 1.165) is 0 Å². The summed E-state index contributed by atoms with van der Waals surface area (Å²) in [5.74, 6) is 0.652. The van der Waals surface area contributed by atoms with Crippen LogP contribution in [0.25, 0.3) is 0 Å². The summed E-state index contributed by atoms with van der Waals surface area (Å²) in [6.45, 7) is 8.71. The topological polar surface area (TPSA) is 49.9 Å². The lowest BCUT2D eigenvalue weighted by Crippen LogP contribution is -2.49. The van der Waals surface area contributed by atoms with E-state index in [2.05, 4.69) is 37.8 Å². The third-order valence-electron chi connectivity index (χ3n) is 4.89. The Kier molecular flexibility index (Phi) is 5.25. The van der Waals surface area contributed by atoms with Crippen molar-refractivity contribution in [3.63, 3.8) is 0 Å². The van der Waals surface area contributed by atoms with Crippen LogP contribution in [0.5, 0.6) is 5.75 Å². The van der Waals surface area contributed by atoms with Crippen molar-refractivity contribution in [1.29, 1.82) is 0 Å². The number of anilines is 1. The Hall–Kier alpha value is -2.05. The Morgan fingerprint density at radius 1 is 0.885 bits per heavy atom. The van der Waals surface area contributed by atoms with Crippen LogP contribution in [0.1, 0.15) is 16.7 Å². The normalized spacial score (nSPS) is 15.9. The number of hydrogen-bond acceptors (Lipinski definition) is 4. The third-order valence-corrected chi connectivity index (χ3v) is 6.80. The predicted molar refractivity (Wildman–Crippen MR) is 105 cm³/mol. The number of piperazine rings is 1. The first-order valence-corrected chi connectivity index (χ1v) is 10.2. The van der Waals surface area contributed by atoms with E-state index < -0.39 is 10.0 Å². The van der Waals surface area contributed by atoms with Gasteiger partial charge >= 0.3 is 0 Å². The van der Waals surface area contributed by atoms with E-state index in [1.165, 1.54) is 22.4 Å². The maximum atomic E-state index is 12.9. The molecule has 0 saturated carbocycles. The van der Waals surface area contributed by atoms with Gasteiger partial charge in [0.2, 0.25) is 10.0 Å². The van der Waals surface area contributed by atoms with Crippen molar-refractivity contribution in [3.05, 3.63) is 53.1 Å². The van der Waals surface area contributed by atoms with Crippen molar-refractivity contribution in [1.82, 2.24) is 4.31 Å². The van der Waals surface area contributed by atoms with Gasteiger partial charge in [0.15, 0.2) is 0 Å². The van der Waals surface area contributed by atoms with Gasteiger partial charge in [-0.15, -0.1) is 0 Å². The number of nitrogens with zero attached hydrogens (tertiary/aromatic N) is 2.